The average molecular weight is 237 g/mol. The zero-order valence-electron chi connectivity index (χ0n) is 10.4. The topological polar surface area (TPSA) is 78.6 Å². The quantitative estimate of drug-likeness (QED) is 0.530. The van der Waals surface area contributed by atoms with Gasteiger partial charge in [0.25, 0.3) is 5.91 Å². The zero-order chi connectivity index (χ0) is 13.1. The van der Waals surface area contributed by atoms with E-state index in [9.17, 15) is 9.90 Å². The SMILES string of the molecule is CN(CC(C)(C)O)NC(=O)c1ccccc1N. The fourth-order valence-corrected chi connectivity index (χ4v) is 1.56. The van der Waals surface area contributed by atoms with E-state index >= 15 is 0 Å². The third-order valence-corrected chi connectivity index (χ3v) is 2.12. The lowest BCUT2D eigenvalue weighted by atomic mass is 10.1. The highest BCUT2D eigenvalue weighted by Crippen LogP contribution is 2.10. The number of benzene rings is 1. The summed E-state index contributed by atoms with van der Waals surface area (Å²) in [5.41, 5.74) is 8.33. The van der Waals surface area contributed by atoms with Gasteiger partial charge in [-0.15, -0.1) is 0 Å². The summed E-state index contributed by atoms with van der Waals surface area (Å²) in [6.07, 6.45) is 0. The number of carbonyl (C=O) groups excluding carboxylic acids is 1. The lowest BCUT2D eigenvalue weighted by Crippen LogP contribution is -2.46. The number of para-hydroxylation sites is 1. The molecule has 4 N–H and O–H groups in total. The minimum Gasteiger partial charge on any atom is -0.398 e. The first kappa shape index (κ1) is 13.5. The van der Waals surface area contributed by atoms with E-state index in [1.165, 1.54) is 5.01 Å². The number of nitrogen functional groups attached to an aromatic ring is 1. The van der Waals surface area contributed by atoms with Crippen LogP contribution in [0.3, 0.4) is 0 Å². The van der Waals surface area contributed by atoms with Crippen molar-refractivity contribution < 1.29 is 9.90 Å². The van der Waals surface area contributed by atoms with Crippen LogP contribution in [-0.2, 0) is 0 Å². The van der Waals surface area contributed by atoms with Crippen LogP contribution in [0.25, 0.3) is 0 Å². The molecule has 0 radical (unpaired) electrons. The number of anilines is 1. The van der Waals surface area contributed by atoms with E-state index in [0.29, 0.717) is 17.8 Å². The van der Waals surface area contributed by atoms with Crippen molar-refractivity contribution >= 4 is 11.6 Å². The zero-order valence-corrected chi connectivity index (χ0v) is 10.4. The molecule has 0 atom stereocenters. The van der Waals surface area contributed by atoms with Gasteiger partial charge in [0.2, 0.25) is 0 Å². The van der Waals surface area contributed by atoms with Crippen LogP contribution < -0.4 is 11.2 Å². The number of nitrogens with two attached hydrogens (primary N) is 1. The van der Waals surface area contributed by atoms with Gasteiger partial charge in [0.15, 0.2) is 0 Å². The summed E-state index contributed by atoms with van der Waals surface area (Å²) in [6, 6.07) is 6.85. The van der Waals surface area contributed by atoms with Crippen molar-refractivity contribution in [2.24, 2.45) is 0 Å². The number of nitrogens with one attached hydrogen (secondary N) is 1. The number of likely N-dealkylation sites (N-methyl/N-ethyl adjacent to an activating group) is 1. The molecular formula is C12H19N3O2. The van der Waals surface area contributed by atoms with E-state index in [2.05, 4.69) is 5.43 Å². The molecule has 0 heterocycles. The van der Waals surface area contributed by atoms with Crippen LogP contribution in [0.2, 0.25) is 0 Å². The number of hydrogen-bond donors (Lipinski definition) is 3. The largest absolute Gasteiger partial charge is 0.398 e. The molecule has 5 heteroatoms. The van der Waals surface area contributed by atoms with Gasteiger partial charge in [-0.1, -0.05) is 12.1 Å². The molecule has 17 heavy (non-hydrogen) atoms. The van der Waals surface area contributed by atoms with Crippen molar-refractivity contribution in [3.05, 3.63) is 29.8 Å². The Labute approximate surface area is 101 Å². The van der Waals surface area contributed by atoms with Gasteiger partial charge in [-0.2, -0.15) is 0 Å². The average Bonchev–Trinajstić information content (AvgIpc) is 2.14. The molecule has 0 unspecified atom stereocenters. The first-order valence-corrected chi connectivity index (χ1v) is 5.38. The molecule has 0 aliphatic carbocycles. The Morgan fingerprint density at radius 3 is 2.59 bits per heavy atom. The molecule has 5 nitrogen and oxygen atoms in total. The van der Waals surface area contributed by atoms with Crippen LogP contribution in [-0.4, -0.2) is 35.2 Å². The molecule has 0 aromatic heterocycles. The molecule has 0 spiro atoms. The summed E-state index contributed by atoms with van der Waals surface area (Å²) >= 11 is 0. The summed E-state index contributed by atoms with van der Waals surface area (Å²) in [7, 11) is 1.69. The van der Waals surface area contributed by atoms with Gasteiger partial charge in [-0.05, 0) is 26.0 Å². The third kappa shape index (κ3) is 4.42. The minimum absolute atomic E-state index is 0.283. The Bertz CT molecular complexity index is 399. The minimum atomic E-state index is -0.871. The van der Waals surface area contributed by atoms with Crippen molar-refractivity contribution in [3.63, 3.8) is 0 Å². The molecule has 1 aromatic carbocycles. The Morgan fingerprint density at radius 2 is 2.06 bits per heavy atom. The molecule has 0 saturated heterocycles. The van der Waals surface area contributed by atoms with Gasteiger partial charge in [0.1, 0.15) is 0 Å². The standard InChI is InChI=1S/C12H19N3O2/c1-12(2,17)8-15(3)14-11(16)9-6-4-5-7-10(9)13/h4-7,17H,8,13H2,1-3H3,(H,14,16). The fourth-order valence-electron chi connectivity index (χ4n) is 1.56. The van der Waals surface area contributed by atoms with Gasteiger partial charge < -0.3 is 10.8 Å². The summed E-state index contributed by atoms with van der Waals surface area (Å²) in [4.78, 5) is 11.8. The second-order valence-electron chi connectivity index (χ2n) is 4.70. The third-order valence-electron chi connectivity index (χ3n) is 2.12. The number of carbonyl (C=O) groups is 1. The highest BCUT2D eigenvalue weighted by Gasteiger charge is 2.18. The second-order valence-corrected chi connectivity index (χ2v) is 4.70. The molecule has 0 fully saturated rings. The predicted octanol–water partition coefficient (Wildman–Crippen LogP) is 0.616. The lowest BCUT2D eigenvalue weighted by molar-refractivity contribution is 0.0273. The van der Waals surface area contributed by atoms with Gasteiger partial charge >= 0.3 is 0 Å². The maximum absolute atomic E-state index is 11.8. The van der Waals surface area contributed by atoms with Crippen molar-refractivity contribution in [1.82, 2.24) is 10.4 Å². The molecule has 1 rings (SSSR count). The number of rotatable bonds is 4. The lowest BCUT2D eigenvalue weighted by Gasteiger charge is -2.25. The highest BCUT2D eigenvalue weighted by atomic mass is 16.3. The van der Waals surface area contributed by atoms with Gasteiger partial charge in [-0.25, -0.2) is 5.01 Å². The normalized spacial score (nSPS) is 11.6. The first-order chi connectivity index (χ1) is 7.79. The fraction of sp³-hybridized carbons (Fsp3) is 0.417. The molecule has 0 bridgehead atoms. The van der Waals surface area contributed by atoms with Crippen LogP contribution >= 0.6 is 0 Å². The van der Waals surface area contributed by atoms with Gasteiger partial charge in [0.05, 0.1) is 11.2 Å². The summed E-state index contributed by atoms with van der Waals surface area (Å²) in [5.74, 6) is -0.283. The van der Waals surface area contributed by atoms with E-state index in [-0.39, 0.29) is 5.91 Å². The van der Waals surface area contributed by atoms with E-state index < -0.39 is 5.60 Å². The maximum Gasteiger partial charge on any atom is 0.267 e. The van der Waals surface area contributed by atoms with Crippen LogP contribution in [0.5, 0.6) is 0 Å². The first-order valence-electron chi connectivity index (χ1n) is 5.38. The van der Waals surface area contributed by atoms with Crippen molar-refractivity contribution in [3.8, 4) is 0 Å². The predicted molar refractivity (Wildman–Crippen MR) is 67.2 cm³/mol. The Morgan fingerprint density at radius 1 is 1.47 bits per heavy atom. The van der Waals surface area contributed by atoms with Gasteiger partial charge in [-0.3, -0.25) is 10.2 Å². The Kier molecular flexibility index (Phi) is 4.09. The van der Waals surface area contributed by atoms with Crippen molar-refractivity contribution in [1.29, 1.82) is 0 Å². The summed E-state index contributed by atoms with van der Waals surface area (Å²) in [5, 5.41) is 11.1. The Balaban J connectivity index is 2.64. The number of amides is 1. The Hall–Kier alpha value is -1.59. The number of hydrogen-bond acceptors (Lipinski definition) is 4. The van der Waals surface area contributed by atoms with Crippen LogP contribution in [0.1, 0.15) is 24.2 Å². The molecule has 1 amide bonds. The van der Waals surface area contributed by atoms with E-state index in [0.717, 1.165) is 0 Å². The van der Waals surface area contributed by atoms with Gasteiger partial charge in [0, 0.05) is 19.3 Å². The molecule has 0 saturated carbocycles. The number of hydrazine groups is 1. The van der Waals surface area contributed by atoms with E-state index in [4.69, 9.17) is 5.73 Å². The monoisotopic (exact) mass is 237 g/mol. The van der Waals surface area contributed by atoms with Crippen LogP contribution in [0.15, 0.2) is 24.3 Å². The highest BCUT2D eigenvalue weighted by molar-refractivity contribution is 5.98. The molecule has 0 aliphatic heterocycles. The maximum atomic E-state index is 11.8. The van der Waals surface area contributed by atoms with Crippen LogP contribution in [0.4, 0.5) is 5.69 Å². The van der Waals surface area contributed by atoms with Crippen molar-refractivity contribution in [2.45, 2.75) is 19.4 Å². The summed E-state index contributed by atoms with van der Waals surface area (Å²) < 4.78 is 0. The van der Waals surface area contributed by atoms with Crippen LogP contribution in [0, 0.1) is 0 Å². The summed E-state index contributed by atoms with van der Waals surface area (Å²) in [6.45, 7) is 3.67. The second kappa shape index (κ2) is 5.16. The molecule has 94 valence electrons. The molecular weight excluding hydrogens is 218 g/mol. The van der Waals surface area contributed by atoms with E-state index in [1.807, 2.05) is 0 Å². The van der Waals surface area contributed by atoms with E-state index in [1.54, 1.807) is 45.2 Å². The number of aliphatic hydroxyl groups is 1. The molecule has 1 aromatic rings. The number of nitrogens with zero attached hydrogens (tertiary/aromatic N) is 1. The smallest absolute Gasteiger partial charge is 0.267 e. The molecule has 0 aliphatic rings. The van der Waals surface area contributed by atoms with Crippen molar-refractivity contribution in [2.75, 3.05) is 19.3 Å².